The van der Waals surface area contributed by atoms with Gasteiger partial charge < -0.3 is 10.8 Å². The molecule has 4 rings (SSSR count). The number of sulfonamides is 1. The third kappa shape index (κ3) is 3.86. The number of aromatic nitrogens is 4. The molecule has 5 N–H and O–H groups in total. The predicted molar refractivity (Wildman–Crippen MR) is 111 cm³/mol. The van der Waals surface area contributed by atoms with Crippen LogP contribution in [0.1, 0.15) is 11.1 Å². The standard InChI is InChI=1S/C20H18N6O3S/c21-19-16(12-13-6-8-15(9-7-13)30(22,28)29)18(14-4-2-1-3-5-14)25-26(19)20-23-11-10-17(27)24-20/h1-11H,12,21H2,(H2,22,28,29)(H,23,24,27). The summed E-state index contributed by atoms with van der Waals surface area (Å²) < 4.78 is 24.4. The van der Waals surface area contributed by atoms with Gasteiger partial charge in [-0.3, -0.25) is 0 Å². The van der Waals surface area contributed by atoms with Crippen molar-refractivity contribution < 1.29 is 13.5 Å². The zero-order valence-electron chi connectivity index (χ0n) is 15.7. The number of hydrogen-bond acceptors (Lipinski definition) is 7. The van der Waals surface area contributed by atoms with Crippen molar-refractivity contribution in [3.63, 3.8) is 0 Å². The largest absolute Gasteiger partial charge is 0.493 e. The molecular formula is C20H18N6O3S. The second kappa shape index (κ2) is 7.58. The van der Waals surface area contributed by atoms with Crippen LogP contribution >= 0.6 is 0 Å². The smallest absolute Gasteiger partial charge is 0.255 e. The van der Waals surface area contributed by atoms with Gasteiger partial charge in [0.15, 0.2) is 0 Å². The molecule has 10 heteroatoms. The van der Waals surface area contributed by atoms with E-state index in [0.29, 0.717) is 17.9 Å². The molecule has 0 amide bonds. The van der Waals surface area contributed by atoms with Crippen LogP contribution in [0.3, 0.4) is 0 Å². The summed E-state index contributed by atoms with van der Waals surface area (Å²) in [6.07, 6.45) is 1.80. The topological polar surface area (TPSA) is 150 Å². The summed E-state index contributed by atoms with van der Waals surface area (Å²) in [5.41, 5.74) is 9.42. The molecule has 4 aromatic rings. The van der Waals surface area contributed by atoms with E-state index in [2.05, 4.69) is 15.1 Å². The van der Waals surface area contributed by atoms with Gasteiger partial charge in [0.05, 0.1) is 10.6 Å². The van der Waals surface area contributed by atoms with Crippen LogP contribution in [0.2, 0.25) is 0 Å². The van der Waals surface area contributed by atoms with E-state index in [0.717, 1.165) is 16.7 Å². The summed E-state index contributed by atoms with van der Waals surface area (Å²) >= 11 is 0. The Kier molecular flexibility index (Phi) is 4.94. The molecule has 0 aliphatic heterocycles. The fourth-order valence-corrected chi connectivity index (χ4v) is 3.58. The first-order valence-electron chi connectivity index (χ1n) is 8.90. The Balaban J connectivity index is 1.81. The number of aromatic hydroxyl groups is 1. The predicted octanol–water partition coefficient (Wildman–Crippen LogP) is 1.86. The number of primary sulfonamides is 1. The first-order chi connectivity index (χ1) is 14.3. The summed E-state index contributed by atoms with van der Waals surface area (Å²) in [5.74, 6) is 0.256. The SMILES string of the molecule is Nc1c(Cc2ccc(S(N)(=O)=O)cc2)c(-c2ccccc2)nn1-c1nccc(O)n1. The highest BCUT2D eigenvalue weighted by atomic mass is 32.2. The quantitative estimate of drug-likeness (QED) is 0.444. The highest BCUT2D eigenvalue weighted by Gasteiger charge is 2.20. The van der Waals surface area contributed by atoms with Crippen molar-refractivity contribution in [2.24, 2.45) is 5.14 Å². The Morgan fingerprint density at radius 3 is 2.33 bits per heavy atom. The van der Waals surface area contributed by atoms with Crippen molar-refractivity contribution in [2.45, 2.75) is 11.3 Å². The maximum absolute atomic E-state index is 11.5. The average Bonchev–Trinajstić information content (AvgIpc) is 3.05. The maximum Gasteiger partial charge on any atom is 0.255 e. The lowest BCUT2D eigenvalue weighted by Gasteiger charge is -2.06. The van der Waals surface area contributed by atoms with Crippen molar-refractivity contribution in [3.05, 3.63) is 78.0 Å². The van der Waals surface area contributed by atoms with E-state index in [4.69, 9.17) is 10.9 Å². The lowest BCUT2D eigenvalue weighted by molar-refractivity contribution is 0.450. The fourth-order valence-electron chi connectivity index (χ4n) is 3.06. The highest BCUT2D eigenvalue weighted by molar-refractivity contribution is 7.89. The highest BCUT2D eigenvalue weighted by Crippen LogP contribution is 2.31. The third-order valence-corrected chi connectivity index (χ3v) is 5.45. The van der Waals surface area contributed by atoms with Crippen LogP contribution in [0.5, 0.6) is 5.88 Å². The lowest BCUT2D eigenvalue weighted by atomic mass is 10.0. The minimum Gasteiger partial charge on any atom is -0.493 e. The zero-order valence-corrected chi connectivity index (χ0v) is 16.5. The van der Waals surface area contributed by atoms with Gasteiger partial charge in [0.1, 0.15) is 5.82 Å². The van der Waals surface area contributed by atoms with Gasteiger partial charge in [0.25, 0.3) is 5.95 Å². The van der Waals surface area contributed by atoms with E-state index in [9.17, 15) is 13.5 Å². The van der Waals surface area contributed by atoms with E-state index in [1.807, 2.05) is 30.3 Å². The van der Waals surface area contributed by atoms with Gasteiger partial charge in [-0.1, -0.05) is 42.5 Å². The molecule has 0 radical (unpaired) electrons. The number of nitrogen functional groups attached to an aromatic ring is 1. The molecule has 2 aromatic carbocycles. The summed E-state index contributed by atoms with van der Waals surface area (Å²) in [5, 5.41) is 19.4. The van der Waals surface area contributed by atoms with E-state index >= 15 is 0 Å². The molecule has 2 heterocycles. The molecule has 0 unspecified atom stereocenters. The Morgan fingerprint density at radius 1 is 1.00 bits per heavy atom. The number of benzene rings is 2. The van der Waals surface area contributed by atoms with Gasteiger partial charge in [-0.15, -0.1) is 0 Å². The van der Waals surface area contributed by atoms with Gasteiger partial charge >= 0.3 is 0 Å². The average molecular weight is 422 g/mol. The molecule has 0 saturated heterocycles. The molecule has 0 fully saturated rings. The van der Waals surface area contributed by atoms with E-state index < -0.39 is 10.0 Å². The normalized spacial score (nSPS) is 11.5. The van der Waals surface area contributed by atoms with Crippen molar-refractivity contribution in [1.82, 2.24) is 19.7 Å². The number of hydrogen-bond donors (Lipinski definition) is 3. The number of rotatable bonds is 5. The first-order valence-corrected chi connectivity index (χ1v) is 10.4. The third-order valence-electron chi connectivity index (χ3n) is 4.52. The van der Waals surface area contributed by atoms with Crippen molar-refractivity contribution in [2.75, 3.05) is 5.73 Å². The van der Waals surface area contributed by atoms with Gasteiger partial charge in [0.2, 0.25) is 15.9 Å². The van der Waals surface area contributed by atoms with Crippen LogP contribution in [-0.4, -0.2) is 33.3 Å². The number of nitrogens with two attached hydrogens (primary N) is 2. The van der Waals surface area contributed by atoms with E-state index in [-0.39, 0.29) is 16.7 Å². The summed E-state index contributed by atoms with van der Waals surface area (Å²) in [6, 6.07) is 17.1. The Bertz CT molecular complexity index is 1300. The molecule has 0 bridgehead atoms. The van der Waals surface area contributed by atoms with Crippen LogP contribution in [0.15, 0.2) is 71.8 Å². The Hall–Kier alpha value is -3.76. The molecule has 0 atom stereocenters. The maximum atomic E-state index is 11.5. The van der Waals surface area contributed by atoms with Gasteiger partial charge in [0, 0.05) is 29.8 Å². The van der Waals surface area contributed by atoms with Gasteiger partial charge in [-0.25, -0.2) is 18.5 Å². The van der Waals surface area contributed by atoms with Crippen LogP contribution in [0, 0.1) is 0 Å². The monoisotopic (exact) mass is 422 g/mol. The van der Waals surface area contributed by atoms with E-state index in [1.54, 1.807) is 12.1 Å². The van der Waals surface area contributed by atoms with Crippen LogP contribution in [0.25, 0.3) is 17.2 Å². The summed E-state index contributed by atoms with van der Waals surface area (Å²) in [4.78, 5) is 8.15. The van der Waals surface area contributed by atoms with Crippen molar-refractivity contribution in [3.8, 4) is 23.1 Å². The lowest BCUT2D eigenvalue weighted by Crippen LogP contribution is -2.12. The molecule has 2 aromatic heterocycles. The molecule has 0 aliphatic carbocycles. The fraction of sp³-hybridized carbons (Fsp3) is 0.0500. The van der Waals surface area contributed by atoms with Gasteiger partial charge in [-0.05, 0) is 17.7 Å². The summed E-state index contributed by atoms with van der Waals surface area (Å²) in [7, 11) is -3.77. The second-order valence-corrected chi connectivity index (χ2v) is 8.13. The van der Waals surface area contributed by atoms with Crippen LogP contribution in [0.4, 0.5) is 5.82 Å². The molecule has 0 saturated carbocycles. The minimum atomic E-state index is -3.77. The Labute approximate surface area is 172 Å². The molecule has 9 nitrogen and oxygen atoms in total. The minimum absolute atomic E-state index is 0.0337. The second-order valence-electron chi connectivity index (χ2n) is 6.57. The Morgan fingerprint density at radius 2 is 1.70 bits per heavy atom. The molecule has 30 heavy (non-hydrogen) atoms. The number of nitrogens with zero attached hydrogens (tertiary/aromatic N) is 4. The van der Waals surface area contributed by atoms with Crippen molar-refractivity contribution in [1.29, 1.82) is 0 Å². The summed E-state index contributed by atoms with van der Waals surface area (Å²) in [6.45, 7) is 0. The molecular weight excluding hydrogens is 404 g/mol. The molecule has 0 aliphatic rings. The van der Waals surface area contributed by atoms with E-state index in [1.165, 1.54) is 29.1 Å². The van der Waals surface area contributed by atoms with Crippen LogP contribution < -0.4 is 10.9 Å². The molecule has 0 spiro atoms. The van der Waals surface area contributed by atoms with Crippen molar-refractivity contribution >= 4 is 15.8 Å². The van der Waals surface area contributed by atoms with Gasteiger partial charge in [-0.2, -0.15) is 14.8 Å². The van der Waals surface area contributed by atoms with Crippen LogP contribution in [-0.2, 0) is 16.4 Å². The number of anilines is 1. The first kappa shape index (κ1) is 19.6. The zero-order chi connectivity index (χ0) is 21.3. The molecule has 152 valence electrons.